The van der Waals surface area contributed by atoms with Gasteiger partial charge in [-0.05, 0) is 18.2 Å². The molecule has 1 amide bonds. The van der Waals surface area contributed by atoms with Crippen molar-refractivity contribution in [1.82, 2.24) is 5.32 Å². The maximum atomic E-state index is 11.8. The average Bonchev–Trinajstić information content (AvgIpc) is 2.45. The van der Waals surface area contributed by atoms with Gasteiger partial charge in [0.25, 0.3) is 5.91 Å². The van der Waals surface area contributed by atoms with E-state index in [9.17, 15) is 9.59 Å². The van der Waals surface area contributed by atoms with Crippen LogP contribution in [0.15, 0.2) is 18.2 Å². The first-order valence-electron chi connectivity index (χ1n) is 5.92. The summed E-state index contributed by atoms with van der Waals surface area (Å²) in [5, 5.41) is 2.98. The maximum absolute atomic E-state index is 11.8. The third-order valence-corrected chi connectivity index (χ3v) is 2.71. The van der Waals surface area contributed by atoms with Gasteiger partial charge in [-0.2, -0.15) is 0 Å². The topological polar surface area (TPSA) is 81.4 Å². The van der Waals surface area contributed by atoms with Crippen molar-refractivity contribution in [2.75, 3.05) is 20.2 Å². The van der Waals surface area contributed by atoms with Gasteiger partial charge in [-0.25, -0.2) is 0 Å². The van der Waals surface area contributed by atoms with Crippen molar-refractivity contribution in [2.24, 2.45) is 5.73 Å². The number of amides is 1. The monoisotopic (exact) mass is 294 g/mol. The minimum absolute atomic E-state index is 0.121. The summed E-state index contributed by atoms with van der Waals surface area (Å²) < 4.78 is 4.47. The van der Waals surface area contributed by atoms with Crippen LogP contribution in [-0.4, -0.2) is 32.1 Å². The lowest BCUT2D eigenvalue weighted by molar-refractivity contribution is -0.140. The van der Waals surface area contributed by atoms with Crippen molar-refractivity contribution in [3.05, 3.63) is 34.3 Å². The second kappa shape index (κ2) is 8.20. The molecule has 0 aliphatic rings. The minimum Gasteiger partial charge on any atom is -0.469 e. The number of carbonyl (C=O) groups excluding carboxylic acids is 2. The molecular weight excluding hydrogens is 280 g/mol. The van der Waals surface area contributed by atoms with Crippen molar-refractivity contribution in [1.29, 1.82) is 0 Å². The highest BCUT2D eigenvalue weighted by Gasteiger charge is 2.08. The molecule has 6 heteroatoms. The molecule has 0 bridgehead atoms. The number of rotatable bonds is 4. The van der Waals surface area contributed by atoms with E-state index in [2.05, 4.69) is 21.9 Å². The van der Waals surface area contributed by atoms with Crippen molar-refractivity contribution < 1.29 is 14.3 Å². The number of methoxy groups -OCH3 is 1. The van der Waals surface area contributed by atoms with E-state index in [1.54, 1.807) is 12.1 Å². The molecule has 3 N–H and O–H groups in total. The van der Waals surface area contributed by atoms with Crippen LogP contribution in [0.4, 0.5) is 0 Å². The predicted octanol–water partition coefficient (Wildman–Crippen LogP) is 0.943. The Hall–Kier alpha value is -2.03. The van der Waals surface area contributed by atoms with Gasteiger partial charge in [0.1, 0.15) is 0 Å². The van der Waals surface area contributed by atoms with Gasteiger partial charge in [-0.3, -0.25) is 9.59 Å². The van der Waals surface area contributed by atoms with E-state index < -0.39 is 0 Å². The fourth-order valence-electron chi connectivity index (χ4n) is 1.39. The van der Waals surface area contributed by atoms with Crippen LogP contribution < -0.4 is 11.1 Å². The van der Waals surface area contributed by atoms with E-state index >= 15 is 0 Å². The Kier molecular flexibility index (Phi) is 6.57. The number of nitrogens with two attached hydrogens (primary N) is 1. The largest absolute Gasteiger partial charge is 0.469 e. The summed E-state index contributed by atoms with van der Waals surface area (Å²) in [5.41, 5.74) is 6.29. The highest BCUT2D eigenvalue weighted by molar-refractivity contribution is 6.32. The number of hydrogen-bond acceptors (Lipinski definition) is 4. The molecule has 1 rings (SSSR count). The van der Waals surface area contributed by atoms with Crippen LogP contribution in [0, 0.1) is 11.8 Å². The number of carbonyl (C=O) groups is 2. The third kappa shape index (κ3) is 4.92. The van der Waals surface area contributed by atoms with Crippen LogP contribution in [0.1, 0.15) is 22.3 Å². The van der Waals surface area contributed by atoms with Gasteiger partial charge in [0.15, 0.2) is 0 Å². The molecule has 0 fully saturated rings. The Morgan fingerprint density at radius 2 is 2.20 bits per heavy atom. The number of benzene rings is 1. The van der Waals surface area contributed by atoms with Gasteiger partial charge in [0.2, 0.25) is 0 Å². The highest BCUT2D eigenvalue weighted by Crippen LogP contribution is 2.16. The van der Waals surface area contributed by atoms with E-state index in [4.69, 9.17) is 17.3 Å². The van der Waals surface area contributed by atoms with Crippen molar-refractivity contribution in [3.63, 3.8) is 0 Å². The van der Waals surface area contributed by atoms with Crippen LogP contribution in [-0.2, 0) is 9.53 Å². The summed E-state index contributed by atoms with van der Waals surface area (Å²) in [4.78, 5) is 22.7. The van der Waals surface area contributed by atoms with Crippen molar-refractivity contribution in [2.45, 2.75) is 6.42 Å². The SMILES string of the molecule is COC(=O)CCNC(=O)c1ccc(C#CCN)c(Cl)c1. The molecule has 106 valence electrons. The average molecular weight is 295 g/mol. The smallest absolute Gasteiger partial charge is 0.307 e. The molecule has 0 radical (unpaired) electrons. The molecule has 0 heterocycles. The van der Waals surface area contributed by atoms with Crippen molar-refractivity contribution in [3.8, 4) is 11.8 Å². The summed E-state index contributed by atoms with van der Waals surface area (Å²) in [6.07, 6.45) is 0.121. The van der Waals surface area contributed by atoms with Gasteiger partial charge < -0.3 is 15.8 Å². The first-order valence-corrected chi connectivity index (χ1v) is 6.29. The number of nitrogens with one attached hydrogen (secondary N) is 1. The Bertz CT molecular complexity index is 561. The molecule has 20 heavy (non-hydrogen) atoms. The second-order valence-electron chi connectivity index (χ2n) is 3.78. The molecule has 1 aromatic rings. The molecule has 0 aliphatic heterocycles. The fourth-order valence-corrected chi connectivity index (χ4v) is 1.61. The van der Waals surface area contributed by atoms with E-state index in [-0.39, 0.29) is 31.4 Å². The van der Waals surface area contributed by atoms with Crippen LogP contribution in [0.5, 0.6) is 0 Å². The zero-order chi connectivity index (χ0) is 15.0. The molecule has 0 aromatic heterocycles. The Balaban J connectivity index is 2.65. The van der Waals surface area contributed by atoms with E-state index in [1.807, 2.05) is 0 Å². The van der Waals surface area contributed by atoms with Crippen LogP contribution in [0.2, 0.25) is 5.02 Å². The summed E-state index contributed by atoms with van der Waals surface area (Å²) in [6.45, 7) is 0.448. The Labute approximate surface area is 122 Å². The van der Waals surface area contributed by atoms with E-state index in [0.29, 0.717) is 16.1 Å². The Morgan fingerprint density at radius 1 is 1.45 bits per heavy atom. The standard InChI is InChI=1S/C14H15ClN2O3/c1-20-13(18)6-8-17-14(19)11-5-4-10(3-2-7-16)12(15)9-11/h4-5,9H,6-8,16H2,1H3,(H,17,19). The van der Waals surface area contributed by atoms with Crippen LogP contribution >= 0.6 is 11.6 Å². The zero-order valence-electron chi connectivity index (χ0n) is 11.0. The second-order valence-corrected chi connectivity index (χ2v) is 4.19. The molecule has 0 atom stereocenters. The number of halogens is 1. The van der Waals surface area contributed by atoms with Gasteiger partial charge in [-0.1, -0.05) is 23.4 Å². The predicted molar refractivity (Wildman–Crippen MR) is 76.4 cm³/mol. The lowest BCUT2D eigenvalue weighted by atomic mass is 10.1. The summed E-state index contributed by atoms with van der Waals surface area (Å²) >= 11 is 6.02. The first kappa shape index (κ1) is 16.0. The normalized spacial score (nSPS) is 9.35. The van der Waals surface area contributed by atoms with Crippen LogP contribution in [0.3, 0.4) is 0 Å². The number of ether oxygens (including phenoxy) is 1. The van der Waals surface area contributed by atoms with Gasteiger partial charge >= 0.3 is 5.97 Å². The first-order chi connectivity index (χ1) is 9.58. The highest BCUT2D eigenvalue weighted by atomic mass is 35.5. The summed E-state index contributed by atoms with van der Waals surface area (Å²) in [5.74, 6) is 4.80. The summed E-state index contributed by atoms with van der Waals surface area (Å²) in [7, 11) is 1.30. The van der Waals surface area contributed by atoms with E-state index in [1.165, 1.54) is 13.2 Å². The quantitative estimate of drug-likeness (QED) is 0.640. The maximum Gasteiger partial charge on any atom is 0.307 e. The molecule has 0 saturated carbocycles. The molecule has 1 aromatic carbocycles. The van der Waals surface area contributed by atoms with Gasteiger partial charge in [0.05, 0.1) is 25.1 Å². The van der Waals surface area contributed by atoms with Gasteiger partial charge in [-0.15, -0.1) is 0 Å². The lowest BCUT2D eigenvalue weighted by Gasteiger charge is -2.05. The van der Waals surface area contributed by atoms with E-state index in [0.717, 1.165) is 0 Å². The third-order valence-electron chi connectivity index (χ3n) is 2.40. The molecule has 0 unspecified atom stereocenters. The minimum atomic E-state index is -0.379. The number of hydrogen-bond donors (Lipinski definition) is 2. The zero-order valence-corrected chi connectivity index (χ0v) is 11.8. The molecule has 0 spiro atoms. The number of esters is 1. The molecular formula is C14H15ClN2O3. The van der Waals surface area contributed by atoms with Gasteiger partial charge in [0, 0.05) is 17.7 Å². The molecule has 5 nitrogen and oxygen atoms in total. The van der Waals surface area contributed by atoms with Crippen molar-refractivity contribution >= 4 is 23.5 Å². The fraction of sp³-hybridized carbons (Fsp3) is 0.286. The molecule has 0 saturated heterocycles. The summed E-state index contributed by atoms with van der Waals surface area (Å²) in [6, 6.07) is 4.79. The van der Waals surface area contributed by atoms with Crippen LogP contribution in [0.25, 0.3) is 0 Å². The lowest BCUT2D eigenvalue weighted by Crippen LogP contribution is -2.26. The molecule has 0 aliphatic carbocycles. The Morgan fingerprint density at radius 3 is 2.80 bits per heavy atom.